The maximum Gasteiger partial charge on any atom is 0.416 e. The molecule has 0 N–H and O–H groups in total. The van der Waals surface area contributed by atoms with E-state index in [0.29, 0.717) is 12.6 Å². The van der Waals surface area contributed by atoms with Crippen molar-refractivity contribution in [2.45, 2.75) is 18.0 Å². The van der Waals surface area contributed by atoms with Crippen LogP contribution in [0.4, 0.5) is 18.9 Å². The fraction of sp³-hybridized carbons (Fsp3) is 0.385. The number of halogens is 3. The zero-order valence-electron chi connectivity index (χ0n) is 12.0. The average Bonchev–Trinajstić information content (AvgIpc) is 2.48. The molecule has 0 bridgehead atoms. The highest BCUT2D eigenvalue weighted by atomic mass is 32.2. The van der Waals surface area contributed by atoms with E-state index in [9.17, 15) is 28.1 Å². The molecule has 124 valence electrons. The molecule has 1 amide bonds. The second kappa shape index (κ2) is 7.82. The van der Waals surface area contributed by atoms with Gasteiger partial charge in [-0.1, -0.05) is 0 Å². The molecule has 0 fully saturated rings. The van der Waals surface area contributed by atoms with Crippen LogP contribution in [0.25, 0.3) is 0 Å². The molecule has 0 unspecified atom stereocenters. The summed E-state index contributed by atoms with van der Waals surface area (Å²) < 4.78 is 37.8. The molecule has 0 atom stereocenters. The fourth-order valence-electron chi connectivity index (χ4n) is 1.65. The molecule has 6 nitrogen and oxygen atoms in total. The van der Waals surface area contributed by atoms with Crippen molar-refractivity contribution in [1.82, 2.24) is 4.90 Å². The van der Waals surface area contributed by atoms with Crippen molar-refractivity contribution in [2.75, 3.05) is 18.8 Å². The third kappa shape index (κ3) is 5.14. The highest BCUT2D eigenvalue weighted by Crippen LogP contribution is 2.36. The predicted molar refractivity (Wildman–Crippen MR) is 76.7 cm³/mol. The van der Waals surface area contributed by atoms with Crippen LogP contribution >= 0.6 is 11.8 Å². The second-order valence-electron chi connectivity index (χ2n) is 4.29. The molecule has 0 saturated heterocycles. The van der Waals surface area contributed by atoms with Gasteiger partial charge in [0.2, 0.25) is 5.91 Å². The van der Waals surface area contributed by atoms with E-state index in [1.807, 2.05) is 6.07 Å². The van der Waals surface area contributed by atoms with Crippen LogP contribution in [0, 0.1) is 21.4 Å². The SMILES string of the molecule is CCN(CC#N)C(=O)CSc1ccc(C(F)(F)F)cc1[N+](=O)[O-]. The topological polar surface area (TPSA) is 87.2 Å². The van der Waals surface area contributed by atoms with E-state index in [0.717, 1.165) is 23.9 Å². The standard InChI is InChI=1S/C13H12F3N3O3S/c1-2-18(6-5-17)12(20)8-23-11-4-3-9(13(14,15)16)7-10(11)19(21)22/h3-4,7H,2,6,8H2,1H3. The van der Waals surface area contributed by atoms with Crippen LogP contribution in [0.2, 0.25) is 0 Å². The lowest BCUT2D eigenvalue weighted by atomic mass is 10.2. The van der Waals surface area contributed by atoms with Crippen LogP contribution in [0.1, 0.15) is 12.5 Å². The molecule has 1 rings (SSSR count). The van der Waals surface area contributed by atoms with E-state index in [1.165, 1.54) is 4.90 Å². The summed E-state index contributed by atoms with van der Waals surface area (Å²) in [6, 6.07) is 3.96. The number of benzene rings is 1. The summed E-state index contributed by atoms with van der Waals surface area (Å²) in [5.74, 6) is -0.630. The molecular weight excluding hydrogens is 335 g/mol. The van der Waals surface area contributed by atoms with Gasteiger partial charge in [-0.25, -0.2) is 0 Å². The largest absolute Gasteiger partial charge is 0.416 e. The molecule has 0 aliphatic rings. The first-order chi connectivity index (χ1) is 10.7. The summed E-state index contributed by atoms with van der Waals surface area (Å²) >= 11 is 0.763. The highest BCUT2D eigenvalue weighted by Gasteiger charge is 2.33. The quantitative estimate of drug-likeness (QED) is 0.341. The summed E-state index contributed by atoms with van der Waals surface area (Å²) in [5, 5.41) is 19.5. The number of nitro groups is 1. The number of nitrogens with zero attached hydrogens (tertiary/aromatic N) is 3. The van der Waals surface area contributed by atoms with E-state index < -0.39 is 28.3 Å². The monoisotopic (exact) mass is 347 g/mol. The van der Waals surface area contributed by atoms with Crippen molar-refractivity contribution < 1.29 is 22.9 Å². The van der Waals surface area contributed by atoms with Crippen molar-refractivity contribution in [2.24, 2.45) is 0 Å². The molecule has 0 aliphatic carbocycles. The minimum Gasteiger partial charge on any atom is -0.329 e. The van der Waals surface area contributed by atoms with Crippen LogP contribution in [-0.4, -0.2) is 34.6 Å². The Labute approximate surface area is 134 Å². The number of carbonyl (C=O) groups is 1. The number of hydrogen-bond acceptors (Lipinski definition) is 5. The molecule has 0 saturated carbocycles. The lowest BCUT2D eigenvalue weighted by Crippen LogP contribution is -2.32. The lowest BCUT2D eigenvalue weighted by Gasteiger charge is -2.16. The molecule has 1 aromatic rings. The zero-order chi connectivity index (χ0) is 17.6. The maximum atomic E-state index is 12.6. The van der Waals surface area contributed by atoms with Gasteiger partial charge in [-0.2, -0.15) is 18.4 Å². The number of hydrogen-bond donors (Lipinski definition) is 0. The number of amides is 1. The Hall–Kier alpha value is -2.28. The summed E-state index contributed by atoms with van der Waals surface area (Å²) in [6.07, 6.45) is -4.68. The molecule has 0 heterocycles. The summed E-state index contributed by atoms with van der Waals surface area (Å²) in [7, 11) is 0. The summed E-state index contributed by atoms with van der Waals surface area (Å²) in [4.78, 5) is 23.1. The van der Waals surface area contributed by atoms with Crippen LogP contribution in [-0.2, 0) is 11.0 Å². The van der Waals surface area contributed by atoms with Crippen LogP contribution in [0.15, 0.2) is 23.1 Å². The molecule has 0 aromatic heterocycles. The Morgan fingerprint density at radius 3 is 2.61 bits per heavy atom. The number of nitro benzene ring substituents is 1. The maximum absolute atomic E-state index is 12.6. The van der Waals surface area contributed by atoms with Crippen LogP contribution in [0.3, 0.4) is 0 Å². The normalized spacial score (nSPS) is 10.9. The van der Waals surface area contributed by atoms with Gasteiger partial charge in [0, 0.05) is 12.6 Å². The number of nitriles is 1. The third-order valence-corrected chi connectivity index (χ3v) is 3.88. The Balaban J connectivity index is 2.95. The molecular formula is C13H12F3N3O3S. The van der Waals surface area contributed by atoms with Crippen LogP contribution < -0.4 is 0 Å². The second-order valence-corrected chi connectivity index (χ2v) is 5.31. The first-order valence-electron chi connectivity index (χ1n) is 6.33. The van der Waals surface area contributed by atoms with Crippen molar-refractivity contribution in [3.63, 3.8) is 0 Å². The van der Waals surface area contributed by atoms with E-state index >= 15 is 0 Å². The number of carbonyl (C=O) groups excluding carboxylic acids is 1. The lowest BCUT2D eigenvalue weighted by molar-refractivity contribution is -0.388. The van der Waals surface area contributed by atoms with Crippen molar-refractivity contribution in [3.8, 4) is 6.07 Å². The minimum absolute atomic E-state index is 0.0376. The minimum atomic E-state index is -4.68. The van der Waals surface area contributed by atoms with Crippen LogP contribution in [0.5, 0.6) is 0 Å². The molecule has 10 heteroatoms. The molecule has 0 radical (unpaired) electrons. The van der Waals surface area contributed by atoms with Gasteiger partial charge >= 0.3 is 6.18 Å². The highest BCUT2D eigenvalue weighted by molar-refractivity contribution is 8.00. The van der Waals surface area contributed by atoms with Crippen molar-refractivity contribution in [3.05, 3.63) is 33.9 Å². The van der Waals surface area contributed by atoms with Gasteiger partial charge in [-0.15, -0.1) is 11.8 Å². The predicted octanol–water partition coefficient (Wildman–Crippen LogP) is 3.08. The Morgan fingerprint density at radius 1 is 1.48 bits per heavy atom. The van der Waals surface area contributed by atoms with E-state index in [2.05, 4.69) is 0 Å². The van der Waals surface area contributed by atoms with Gasteiger partial charge in [0.15, 0.2) is 0 Å². The summed E-state index contributed by atoms with van der Waals surface area (Å²) in [5.41, 5.74) is -1.83. The first kappa shape index (κ1) is 18.8. The van der Waals surface area contributed by atoms with E-state index in [4.69, 9.17) is 5.26 Å². The zero-order valence-corrected chi connectivity index (χ0v) is 12.8. The third-order valence-electron chi connectivity index (χ3n) is 2.83. The molecule has 0 aliphatic heterocycles. The van der Waals surface area contributed by atoms with Crippen molar-refractivity contribution >= 4 is 23.4 Å². The van der Waals surface area contributed by atoms with Gasteiger partial charge in [0.1, 0.15) is 6.54 Å². The average molecular weight is 347 g/mol. The first-order valence-corrected chi connectivity index (χ1v) is 7.32. The van der Waals surface area contributed by atoms with Gasteiger partial charge in [0.25, 0.3) is 5.69 Å². The summed E-state index contributed by atoms with van der Waals surface area (Å²) in [6.45, 7) is 1.84. The fourth-order valence-corrected chi connectivity index (χ4v) is 2.56. The molecule has 1 aromatic carbocycles. The molecule has 23 heavy (non-hydrogen) atoms. The van der Waals surface area contributed by atoms with Crippen molar-refractivity contribution in [1.29, 1.82) is 5.26 Å². The Kier molecular flexibility index (Phi) is 6.38. The smallest absolute Gasteiger partial charge is 0.329 e. The molecule has 0 spiro atoms. The van der Waals surface area contributed by atoms with E-state index in [-0.39, 0.29) is 17.2 Å². The van der Waals surface area contributed by atoms with Gasteiger partial charge in [-0.3, -0.25) is 14.9 Å². The number of alkyl halides is 3. The van der Waals surface area contributed by atoms with Gasteiger partial charge in [-0.05, 0) is 19.1 Å². The van der Waals surface area contributed by atoms with E-state index in [1.54, 1.807) is 6.92 Å². The van der Waals surface area contributed by atoms with Gasteiger partial charge < -0.3 is 4.90 Å². The Morgan fingerprint density at radius 2 is 2.13 bits per heavy atom. The Bertz CT molecular complexity index is 644. The number of rotatable bonds is 6. The van der Waals surface area contributed by atoms with Gasteiger partial charge in [0.05, 0.1) is 27.2 Å². The number of thioether (sulfide) groups is 1.